The molecule has 0 saturated carbocycles. The smallest absolute Gasteiger partial charge is 0.253 e. The van der Waals surface area contributed by atoms with Crippen molar-refractivity contribution >= 4 is 27.5 Å². The molecule has 2 heterocycles. The Balaban J connectivity index is 1.53. The first kappa shape index (κ1) is 23.3. The number of hydrogen-bond acceptors (Lipinski definition) is 4. The second-order valence-electron chi connectivity index (χ2n) is 8.51. The average Bonchev–Trinajstić information content (AvgIpc) is 3.41. The van der Waals surface area contributed by atoms with Gasteiger partial charge in [-0.25, -0.2) is 9.07 Å². The molecule has 5 rings (SSSR count). The van der Waals surface area contributed by atoms with E-state index in [1.54, 1.807) is 28.6 Å². The number of carbonyl (C=O) groups excluding carboxylic acids is 1. The van der Waals surface area contributed by atoms with Crippen molar-refractivity contribution in [1.82, 2.24) is 14.7 Å². The molecule has 2 N–H and O–H groups in total. The van der Waals surface area contributed by atoms with Crippen LogP contribution in [0.25, 0.3) is 16.9 Å². The Morgan fingerprint density at radius 3 is 2.40 bits per heavy atom. The van der Waals surface area contributed by atoms with Crippen LogP contribution in [0.2, 0.25) is 0 Å². The Labute approximate surface area is 211 Å². The molecule has 2 atom stereocenters. The third-order valence-corrected chi connectivity index (χ3v) is 6.61. The number of nitrogens with two attached hydrogens (primary N) is 1. The fraction of sp³-hybridized carbons (Fsp3) is 0.185. The maximum atomic E-state index is 13.6. The van der Waals surface area contributed by atoms with E-state index in [-0.39, 0.29) is 11.7 Å². The van der Waals surface area contributed by atoms with Gasteiger partial charge in [0.05, 0.1) is 5.69 Å². The lowest BCUT2D eigenvalue weighted by Crippen LogP contribution is -2.32. The summed E-state index contributed by atoms with van der Waals surface area (Å²) in [6.45, 7) is 2.24. The SMILES string of the molecule is CC1OC(c2cn(-c3ccc(Br)cc3)nc2-c2ccc(F)cc2)N(CCc2ccc(N)cc2)C1=O. The van der Waals surface area contributed by atoms with Crippen molar-refractivity contribution in [3.8, 4) is 16.9 Å². The molecule has 1 aromatic heterocycles. The van der Waals surface area contributed by atoms with Crippen LogP contribution in [0.15, 0.2) is 83.5 Å². The lowest BCUT2D eigenvalue weighted by atomic mass is 10.1. The zero-order chi connectivity index (χ0) is 24.5. The first-order valence-corrected chi connectivity index (χ1v) is 12.1. The van der Waals surface area contributed by atoms with Crippen molar-refractivity contribution in [3.63, 3.8) is 0 Å². The molecule has 1 amide bonds. The van der Waals surface area contributed by atoms with Crippen LogP contribution in [0.5, 0.6) is 0 Å². The van der Waals surface area contributed by atoms with Gasteiger partial charge in [0, 0.05) is 34.0 Å². The second-order valence-corrected chi connectivity index (χ2v) is 9.43. The van der Waals surface area contributed by atoms with Crippen molar-refractivity contribution in [1.29, 1.82) is 0 Å². The van der Waals surface area contributed by atoms with Gasteiger partial charge in [0.2, 0.25) is 0 Å². The van der Waals surface area contributed by atoms with E-state index in [0.29, 0.717) is 24.3 Å². The minimum absolute atomic E-state index is 0.0770. The topological polar surface area (TPSA) is 73.4 Å². The Morgan fingerprint density at radius 1 is 1.03 bits per heavy atom. The van der Waals surface area contributed by atoms with Gasteiger partial charge in [-0.3, -0.25) is 4.79 Å². The minimum Gasteiger partial charge on any atom is -0.399 e. The normalized spacial score (nSPS) is 17.8. The van der Waals surface area contributed by atoms with Gasteiger partial charge in [0.25, 0.3) is 5.91 Å². The van der Waals surface area contributed by atoms with Crippen LogP contribution < -0.4 is 5.73 Å². The molecule has 178 valence electrons. The number of nitrogens with zero attached hydrogens (tertiary/aromatic N) is 3. The number of hydrogen-bond donors (Lipinski definition) is 1. The highest BCUT2D eigenvalue weighted by Crippen LogP contribution is 2.37. The van der Waals surface area contributed by atoms with Crippen molar-refractivity contribution in [2.75, 3.05) is 12.3 Å². The number of ether oxygens (including phenoxy) is 1. The zero-order valence-corrected chi connectivity index (χ0v) is 20.7. The monoisotopic (exact) mass is 534 g/mol. The van der Waals surface area contributed by atoms with Gasteiger partial charge in [-0.2, -0.15) is 5.10 Å². The maximum Gasteiger partial charge on any atom is 0.253 e. The summed E-state index contributed by atoms with van der Waals surface area (Å²) in [6.07, 6.45) is 1.35. The molecule has 35 heavy (non-hydrogen) atoms. The number of anilines is 1. The first-order valence-electron chi connectivity index (χ1n) is 11.3. The van der Waals surface area contributed by atoms with Gasteiger partial charge >= 0.3 is 0 Å². The standard InChI is InChI=1S/C27H24BrFN4O2/c1-17-26(34)32(15-14-18-2-10-22(30)11-3-18)27(35-17)24-16-33(23-12-6-20(28)7-13-23)31-25(24)19-4-8-21(29)9-5-19/h2-13,16-17,27H,14-15,30H2,1H3. The lowest BCUT2D eigenvalue weighted by Gasteiger charge is -2.23. The maximum absolute atomic E-state index is 13.6. The molecule has 1 fully saturated rings. The third kappa shape index (κ3) is 4.85. The lowest BCUT2D eigenvalue weighted by molar-refractivity contribution is -0.130. The van der Waals surface area contributed by atoms with Gasteiger partial charge in [-0.1, -0.05) is 28.1 Å². The molecule has 0 spiro atoms. The Bertz CT molecular complexity index is 1340. The van der Waals surface area contributed by atoms with E-state index in [4.69, 9.17) is 15.6 Å². The van der Waals surface area contributed by atoms with Crippen molar-refractivity contribution < 1.29 is 13.9 Å². The summed E-state index contributed by atoms with van der Waals surface area (Å²) in [4.78, 5) is 14.8. The quantitative estimate of drug-likeness (QED) is 0.331. The summed E-state index contributed by atoms with van der Waals surface area (Å²) < 4.78 is 22.5. The molecular formula is C27H24BrFN4O2. The highest BCUT2D eigenvalue weighted by atomic mass is 79.9. The van der Waals surface area contributed by atoms with Crippen molar-refractivity contribution in [2.24, 2.45) is 0 Å². The van der Waals surface area contributed by atoms with E-state index in [1.807, 2.05) is 54.7 Å². The van der Waals surface area contributed by atoms with E-state index < -0.39 is 12.3 Å². The number of halogens is 2. The molecule has 4 aromatic rings. The molecule has 1 aliphatic rings. The molecular weight excluding hydrogens is 511 g/mol. The fourth-order valence-corrected chi connectivity index (χ4v) is 4.47. The number of benzene rings is 3. The van der Waals surface area contributed by atoms with E-state index in [0.717, 1.165) is 26.9 Å². The molecule has 1 aliphatic heterocycles. The summed E-state index contributed by atoms with van der Waals surface area (Å²) in [5.41, 5.74) is 10.6. The largest absolute Gasteiger partial charge is 0.399 e. The van der Waals surface area contributed by atoms with E-state index in [1.165, 1.54) is 12.1 Å². The van der Waals surface area contributed by atoms with Gasteiger partial charge in [-0.15, -0.1) is 0 Å². The van der Waals surface area contributed by atoms with Gasteiger partial charge in [-0.05, 0) is 79.6 Å². The Morgan fingerprint density at radius 2 is 1.71 bits per heavy atom. The Hall–Kier alpha value is -3.49. The predicted molar refractivity (Wildman–Crippen MR) is 136 cm³/mol. The number of rotatable bonds is 6. The van der Waals surface area contributed by atoms with Crippen LogP contribution in [-0.4, -0.2) is 33.2 Å². The third-order valence-electron chi connectivity index (χ3n) is 6.09. The number of aromatic nitrogens is 2. The Kier molecular flexibility index (Phi) is 6.40. The van der Waals surface area contributed by atoms with Crippen molar-refractivity contribution in [3.05, 3.63) is 100 Å². The van der Waals surface area contributed by atoms with Crippen LogP contribution in [-0.2, 0) is 16.0 Å². The van der Waals surface area contributed by atoms with E-state index >= 15 is 0 Å². The molecule has 0 bridgehead atoms. The highest BCUT2D eigenvalue weighted by molar-refractivity contribution is 9.10. The summed E-state index contributed by atoms with van der Waals surface area (Å²) in [6, 6.07) is 21.6. The number of nitrogen functional groups attached to an aromatic ring is 1. The molecule has 8 heteroatoms. The highest BCUT2D eigenvalue weighted by Gasteiger charge is 2.40. The van der Waals surface area contributed by atoms with Gasteiger partial charge in [0.15, 0.2) is 6.23 Å². The van der Waals surface area contributed by atoms with Crippen LogP contribution in [0.3, 0.4) is 0 Å². The van der Waals surface area contributed by atoms with Crippen LogP contribution in [0.1, 0.15) is 24.3 Å². The zero-order valence-electron chi connectivity index (χ0n) is 19.1. The first-order chi connectivity index (χ1) is 16.9. The van der Waals surface area contributed by atoms with Crippen molar-refractivity contribution in [2.45, 2.75) is 25.7 Å². The summed E-state index contributed by atoms with van der Waals surface area (Å²) in [7, 11) is 0. The number of amides is 1. The van der Waals surface area contributed by atoms with E-state index in [9.17, 15) is 9.18 Å². The molecule has 0 aliphatic carbocycles. The fourth-order valence-electron chi connectivity index (χ4n) is 4.20. The van der Waals surface area contributed by atoms with Crippen LogP contribution in [0.4, 0.5) is 10.1 Å². The molecule has 0 radical (unpaired) electrons. The molecule has 6 nitrogen and oxygen atoms in total. The van der Waals surface area contributed by atoms with Crippen LogP contribution in [0, 0.1) is 5.82 Å². The van der Waals surface area contributed by atoms with E-state index in [2.05, 4.69) is 15.9 Å². The predicted octanol–water partition coefficient (Wildman–Crippen LogP) is 5.51. The van der Waals surface area contributed by atoms with Gasteiger partial charge in [0.1, 0.15) is 17.6 Å². The minimum atomic E-state index is -0.615. The van der Waals surface area contributed by atoms with Gasteiger partial charge < -0.3 is 15.4 Å². The summed E-state index contributed by atoms with van der Waals surface area (Å²) >= 11 is 3.46. The molecule has 2 unspecified atom stereocenters. The second kappa shape index (κ2) is 9.64. The average molecular weight is 535 g/mol. The summed E-state index contributed by atoms with van der Waals surface area (Å²) in [5, 5.41) is 4.81. The number of carbonyl (C=O) groups is 1. The molecule has 1 saturated heterocycles. The summed E-state index contributed by atoms with van der Waals surface area (Å²) in [5.74, 6) is -0.402. The van der Waals surface area contributed by atoms with Crippen LogP contribution >= 0.6 is 15.9 Å². The molecule has 3 aromatic carbocycles.